The number of nitro groups is 1. The number of hydrogen-bond acceptors (Lipinski definition) is 5. The van der Waals surface area contributed by atoms with E-state index in [9.17, 15) is 10.1 Å². The van der Waals surface area contributed by atoms with Gasteiger partial charge >= 0.3 is 5.69 Å². The number of hydrogen-bond donors (Lipinski definition) is 0. The van der Waals surface area contributed by atoms with Crippen LogP contribution in [0.15, 0.2) is 36.5 Å². The fourth-order valence-corrected chi connectivity index (χ4v) is 1.20. The van der Waals surface area contributed by atoms with Gasteiger partial charge in [-0.25, -0.2) is 0 Å². The van der Waals surface area contributed by atoms with E-state index in [1.807, 2.05) is 6.07 Å². The lowest BCUT2D eigenvalue weighted by Gasteiger charge is -1.98. The molecule has 0 unspecified atom stereocenters. The van der Waals surface area contributed by atoms with Crippen molar-refractivity contribution >= 4 is 5.69 Å². The maximum absolute atomic E-state index is 10.7. The first-order valence-corrected chi connectivity index (χ1v) is 4.17. The predicted octanol–water partition coefficient (Wildman–Crippen LogP) is 1.45. The van der Waals surface area contributed by atoms with Crippen LogP contribution in [0.2, 0.25) is 0 Å². The zero-order valence-corrected chi connectivity index (χ0v) is 7.57. The van der Waals surface area contributed by atoms with E-state index in [0.717, 1.165) is 6.20 Å². The summed E-state index contributed by atoms with van der Waals surface area (Å²) in [5.41, 5.74) is 0.742. The molecule has 0 aliphatic carbocycles. The summed E-state index contributed by atoms with van der Waals surface area (Å²) in [4.78, 5) is 10.2. The van der Waals surface area contributed by atoms with E-state index in [2.05, 4.69) is 15.4 Å². The Balaban J connectivity index is 2.58. The Labute approximate surface area is 84.7 Å². The molecule has 0 aliphatic rings. The molecule has 0 saturated heterocycles. The van der Waals surface area contributed by atoms with Crippen LogP contribution in [0.25, 0.3) is 11.3 Å². The van der Waals surface area contributed by atoms with Gasteiger partial charge in [-0.2, -0.15) is 0 Å². The molecule has 0 radical (unpaired) electrons. The molecule has 74 valence electrons. The molecule has 6 nitrogen and oxygen atoms in total. The van der Waals surface area contributed by atoms with Crippen LogP contribution < -0.4 is 0 Å². The highest BCUT2D eigenvalue weighted by Gasteiger charge is 2.17. The van der Waals surface area contributed by atoms with E-state index >= 15 is 0 Å². The van der Waals surface area contributed by atoms with Gasteiger partial charge < -0.3 is 0 Å². The van der Waals surface area contributed by atoms with Gasteiger partial charge in [0.2, 0.25) is 0 Å². The van der Waals surface area contributed by atoms with Crippen molar-refractivity contribution in [2.75, 3.05) is 0 Å². The molecule has 0 amide bonds. The van der Waals surface area contributed by atoms with Gasteiger partial charge in [0.25, 0.3) is 0 Å². The molecule has 2 aromatic rings. The molecule has 1 aromatic carbocycles. The molecule has 0 saturated carbocycles. The van der Waals surface area contributed by atoms with E-state index in [1.165, 1.54) is 0 Å². The second-order valence-electron chi connectivity index (χ2n) is 2.79. The summed E-state index contributed by atoms with van der Waals surface area (Å²) in [6.07, 6.45) is 1.09. The summed E-state index contributed by atoms with van der Waals surface area (Å²) in [5.74, 6) is 0. The van der Waals surface area contributed by atoms with Crippen LogP contribution in [0, 0.1) is 10.1 Å². The van der Waals surface area contributed by atoms with E-state index in [0.29, 0.717) is 5.56 Å². The summed E-state index contributed by atoms with van der Waals surface area (Å²) in [6, 6.07) is 8.85. The highest BCUT2D eigenvalue weighted by molar-refractivity contribution is 5.67. The van der Waals surface area contributed by atoms with Gasteiger partial charge in [-0.05, 0) is 5.21 Å². The smallest absolute Gasteiger partial charge is 0.258 e. The number of nitrogens with zero attached hydrogens (tertiary/aromatic N) is 4. The zero-order chi connectivity index (χ0) is 10.7. The lowest BCUT2D eigenvalue weighted by atomic mass is 10.1. The van der Waals surface area contributed by atoms with Gasteiger partial charge in [0.1, 0.15) is 6.20 Å². The molecule has 0 N–H and O–H groups in total. The van der Waals surface area contributed by atoms with Crippen LogP contribution in [0.3, 0.4) is 0 Å². The minimum atomic E-state index is -0.524. The average Bonchev–Trinajstić information content (AvgIpc) is 2.30. The van der Waals surface area contributed by atoms with Gasteiger partial charge in [-0.1, -0.05) is 30.3 Å². The Morgan fingerprint density at radius 2 is 1.93 bits per heavy atom. The number of benzene rings is 1. The fraction of sp³-hybridized carbons (Fsp3) is 0. The molecule has 1 heterocycles. The molecule has 15 heavy (non-hydrogen) atoms. The van der Waals surface area contributed by atoms with Gasteiger partial charge in [0.15, 0.2) is 5.69 Å². The molecular weight excluding hydrogens is 196 g/mol. The zero-order valence-electron chi connectivity index (χ0n) is 7.57. The van der Waals surface area contributed by atoms with Crippen LogP contribution in [0.4, 0.5) is 5.69 Å². The monoisotopic (exact) mass is 202 g/mol. The second kappa shape index (κ2) is 3.79. The van der Waals surface area contributed by atoms with Crippen molar-refractivity contribution in [1.82, 2.24) is 15.4 Å². The molecule has 0 spiro atoms. The van der Waals surface area contributed by atoms with E-state index in [1.54, 1.807) is 24.3 Å². The van der Waals surface area contributed by atoms with Crippen LogP contribution in [-0.4, -0.2) is 20.3 Å². The third-order valence-electron chi connectivity index (χ3n) is 1.86. The summed E-state index contributed by atoms with van der Waals surface area (Å²) in [7, 11) is 0. The normalized spacial score (nSPS) is 9.87. The SMILES string of the molecule is O=[N+]([O-])c1cnnnc1-c1ccccc1. The Morgan fingerprint density at radius 1 is 1.20 bits per heavy atom. The van der Waals surface area contributed by atoms with Crippen molar-refractivity contribution in [3.8, 4) is 11.3 Å². The predicted molar refractivity (Wildman–Crippen MR) is 51.9 cm³/mol. The minimum Gasteiger partial charge on any atom is -0.258 e. The first-order valence-electron chi connectivity index (χ1n) is 4.17. The molecular formula is C9H6N4O2. The van der Waals surface area contributed by atoms with Crippen LogP contribution in [0.1, 0.15) is 0 Å². The maximum Gasteiger partial charge on any atom is 0.317 e. The standard InChI is InChI=1S/C9H6N4O2/c14-13(15)8-6-10-12-11-9(8)7-4-2-1-3-5-7/h1-6H. The highest BCUT2D eigenvalue weighted by Crippen LogP contribution is 2.24. The topological polar surface area (TPSA) is 81.8 Å². The van der Waals surface area contributed by atoms with Gasteiger partial charge in [0.05, 0.1) is 4.92 Å². The van der Waals surface area contributed by atoms with Crippen molar-refractivity contribution < 1.29 is 4.92 Å². The maximum atomic E-state index is 10.7. The quantitative estimate of drug-likeness (QED) is 0.543. The lowest BCUT2D eigenvalue weighted by Crippen LogP contribution is -1.98. The van der Waals surface area contributed by atoms with Crippen molar-refractivity contribution in [2.24, 2.45) is 0 Å². The van der Waals surface area contributed by atoms with E-state index in [-0.39, 0.29) is 11.4 Å². The van der Waals surface area contributed by atoms with Crippen molar-refractivity contribution in [1.29, 1.82) is 0 Å². The van der Waals surface area contributed by atoms with Gasteiger partial charge in [-0.3, -0.25) is 10.1 Å². The summed E-state index contributed by atoms with van der Waals surface area (Å²) in [6.45, 7) is 0. The van der Waals surface area contributed by atoms with E-state index < -0.39 is 4.92 Å². The Kier molecular flexibility index (Phi) is 2.32. The summed E-state index contributed by atoms with van der Waals surface area (Å²) >= 11 is 0. The second-order valence-corrected chi connectivity index (χ2v) is 2.79. The molecule has 0 fully saturated rings. The highest BCUT2D eigenvalue weighted by atomic mass is 16.6. The Morgan fingerprint density at radius 3 is 2.60 bits per heavy atom. The van der Waals surface area contributed by atoms with Crippen molar-refractivity contribution in [3.05, 3.63) is 46.6 Å². The van der Waals surface area contributed by atoms with E-state index in [4.69, 9.17) is 0 Å². The Hall–Kier alpha value is -2.37. The first-order chi connectivity index (χ1) is 7.29. The number of rotatable bonds is 2. The van der Waals surface area contributed by atoms with Crippen LogP contribution >= 0.6 is 0 Å². The summed E-state index contributed by atoms with van der Waals surface area (Å²) < 4.78 is 0. The molecule has 0 aliphatic heterocycles. The van der Waals surface area contributed by atoms with Crippen molar-refractivity contribution in [2.45, 2.75) is 0 Å². The molecule has 6 heteroatoms. The van der Waals surface area contributed by atoms with Gasteiger partial charge in [-0.15, -0.1) is 10.2 Å². The van der Waals surface area contributed by atoms with Crippen molar-refractivity contribution in [3.63, 3.8) is 0 Å². The molecule has 0 bridgehead atoms. The number of aromatic nitrogens is 3. The molecule has 2 rings (SSSR count). The Bertz CT molecular complexity index is 486. The summed E-state index contributed by atoms with van der Waals surface area (Å²) in [5, 5.41) is 21.1. The first kappa shape index (κ1) is 9.20. The minimum absolute atomic E-state index is 0.142. The lowest BCUT2D eigenvalue weighted by molar-refractivity contribution is -0.384. The van der Waals surface area contributed by atoms with Gasteiger partial charge in [0, 0.05) is 5.56 Å². The largest absolute Gasteiger partial charge is 0.317 e. The third-order valence-corrected chi connectivity index (χ3v) is 1.86. The average molecular weight is 202 g/mol. The van der Waals surface area contributed by atoms with Crippen LogP contribution in [0.5, 0.6) is 0 Å². The molecule has 0 atom stereocenters. The molecule has 1 aromatic heterocycles. The third kappa shape index (κ3) is 1.78. The van der Waals surface area contributed by atoms with Crippen LogP contribution in [-0.2, 0) is 0 Å². The fourth-order valence-electron chi connectivity index (χ4n) is 1.20.